The Kier molecular flexibility index (Phi) is 12.1. The predicted octanol–water partition coefficient (Wildman–Crippen LogP) is 7.56. The molecule has 312 valence electrons. The molecule has 8 atom stereocenters. The normalized spacial score (nSPS) is 27.0. The molecule has 2 N–H and O–H groups in total. The highest BCUT2D eigenvalue weighted by Gasteiger charge is 2.52. The highest BCUT2D eigenvalue weighted by molar-refractivity contribution is 7.57. The number of aryl methyl sites for hydroxylation is 1. The summed E-state index contributed by atoms with van der Waals surface area (Å²) >= 11 is 1.23. The molecule has 2 saturated carbocycles. The Balaban J connectivity index is 0.966. The SMILES string of the molecule is CCCOC(=O)[C@H](C)NP(=O)(OC1CCCCC1)C(F)c1ccc2sc(C(=O)N[C@H]3C[C@@H]4C[C@@H]4C[C@H]4CC[C@@H](C(=O)N5CC(c6cnccc6C)C5)N4C3=O)cc2c1. The molecule has 58 heavy (non-hydrogen) atoms. The Morgan fingerprint density at radius 1 is 1.03 bits per heavy atom. The van der Waals surface area contributed by atoms with Gasteiger partial charge in [-0.25, -0.2) is 9.48 Å². The van der Waals surface area contributed by atoms with Crippen LogP contribution in [-0.4, -0.2) is 88.4 Å². The van der Waals surface area contributed by atoms with Crippen molar-refractivity contribution >= 4 is 52.6 Å². The maximum Gasteiger partial charge on any atom is 0.323 e. The number of nitrogens with zero attached hydrogens (tertiary/aromatic N) is 3. The summed E-state index contributed by atoms with van der Waals surface area (Å²) in [5.41, 5.74) is 2.41. The lowest BCUT2D eigenvalue weighted by Gasteiger charge is -2.43. The number of amides is 3. The molecule has 0 bridgehead atoms. The van der Waals surface area contributed by atoms with Crippen LogP contribution >= 0.6 is 18.9 Å². The number of carbonyl (C=O) groups excluding carboxylic acids is 4. The summed E-state index contributed by atoms with van der Waals surface area (Å²) in [6, 6.07) is 6.06. The van der Waals surface area contributed by atoms with Crippen molar-refractivity contribution in [3.8, 4) is 0 Å². The molecule has 15 heteroatoms. The van der Waals surface area contributed by atoms with Crippen LogP contribution in [0, 0.1) is 18.8 Å². The van der Waals surface area contributed by atoms with Crippen molar-refractivity contribution in [2.75, 3.05) is 19.7 Å². The molecule has 5 heterocycles. The van der Waals surface area contributed by atoms with E-state index in [9.17, 15) is 23.7 Å². The molecule has 8 rings (SSSR count). The molecule has 12 nitrogen and oxygen atoms in total. The summed E-state index contributed by atoms with van der Waals surface area (Å²) < 4.78 is 43.0. The first-order valence-corrected chi connectivity index (χ1v) is 23.7. The van der Waals surface area contributed by atoms with E-state index < -0.39 is 49.5 Å². The second kappa shape index (κ2) is 17.1. The fraction of sp³-hybridized carbons (Fsp3) is 0.605. The van der Waals surface area contributed by atoms with Crippen molar-refractivity contribution in [1.29, 1.82) is 0 Å². The van der Waals surface area contributed by atoms with Gasteiger partial charge in [-0.15, -0.1) is 11.3 Å². The number of carbonyl (C=O) groups is 4. The highest BCUT2D eigenvalue weighted by atomic mass is 32.1. The van der Waals surface area contributed by atoms with Crippen LogP contribution in [0.1, 0.15) is 123 Å². The summed E-state index contributed by atoms with van der Waals surface area (Å²) in [6.45, 7) is 6.82. The van der Waals surface area contributed by atoms with Crippen LogP contribution in [-0.2, 0) is 28.2 Å². The number of ether oxygens (including phenoxy) is 1. The van der Waals surface area contributed by atoms with Crippen LogP contribution in [0.15, 0.2) is 42.7 Å². The Bertz CT molecular complexity index is 2090. The van der Waals surface area contributed by atoms with E-state index in [2.05, 4.69) is 22.3 Å². The zero-order valence-electron chi connectivity index (χ0n) is 33.6. The summed E-state index contributed by atoms with van der Waals surface area (Å²) in [7, 11) is -4.28. The number of hydrogen-bond donors (Lipinski definition) is 2. The molecule has 5 fully saturated rings. The van der Waals surface area contributed by atoms with Crippen LogP contribution in [0.3, 0.4) is 0 Å². The second-order valence-electron chi connectivity index (χ2n) is 17.1. The van der Waals surface area contributed by atoms with Gasteiger partial charge in [0.15, 0.2) is 0 Å². The van der Waals surface area contributed by atoms with Crippen molar-refractivity contribution in [2.24, 2.45) is 11.8 Å². The number of aromatic nitrogens is 1. The molecule has 3 amide bonds. The minimum atomic E-state index is -4.28. The van der Waals surface area contributed by atoms with Crippen molar-refractivity contribution in [1.82, 2.24) is 25.2 Å². The number of pyridine rings is 1. The maximum atomic E-state index is 16.6. The molecule has 0 spiro atoms. The highest BCUT2D eigenvalue weighted by Crippen LogP contribution is 2.60. The van der Waals surface area contributed by atoms with Crippen LogP contribution in [0.2, 0.25) is 0 Å². The molecule has 3 aliphatic heterocycles. The third-order valence-corrected chi connectivity index (χ3v) is 16.3. The summed E-state index contributed by atoms with van der Waals surface area (Å²) in [5.74, 6) is -2.27. The van der Waals surface area contributed by atoms with E-state index in [0.29, 0.717) is 67.3 Å². The largest absolute Gasteiger partial charge is 0.465 e. The minimum absolute atomic E-state index is 0.0205. The number of benzene rings is 1. The Labute approximate surface area is 343 Å². The Morgan fingerprint density at radius 2 is 1.81 bits per heavy atom. The molecule has 0 radical (unpaired) electrons. The molecule has 3 saturated heterocycles. The van der Waals surface area contributed by atoms with E-state index in [1.807, 2.05) is 24.1 Å². The van der Waals surface area contributed by atoms with Gasteiger partial charge in [0.2, 0.25) is 17.7 Å². The molecule has 2 unspecified atom stereocenters. The van der Waals surface area contributed by atoms with Gasteiger partial charge >= 0.3 is 13.5 Å². The van der Waals surface area contributed by atoms with E-state index in [4.69, 9.17) is 9.26 Å². The summed E-state index contributed by atoms with van der Waals surface area (Å²) in [6.07, 6.45) is 11.8. The van der Waals surface area contributed by atoms with Gasteiger partial charge < -0.3 is 24.4 Å². The lowest BCUT2D eigenvalue weighted by molar-refractivity contribution is -0.149. The van der Waals surface area contributed by atoms with Crippen LogP contribution in [0.25, 0.3) is 10.1 Å². The van der Waals surface area contributed by atoms with E-state index in [1.165, 1.54) is 24.3 Å². The zero-order chi connectivity index (χ0) is 40.7. The Morgan fingerprint density at radius 3 is 2.57 bits per heavy atom. The fourth-order valence-electron chi connectivity index (χ4n) is 9.54. The number of fused-ring (bicyclic) bond motifs is 3. The number of thiophene rings is 1. The van der Waals surface area contributed by atoms with Gasteiger partial charge in [0, 0.05) is 42.1 Å². The van der Waals surface area contributed by atoms with Gasteiger partial charge in [0.05, 0.1) is 17.6 Å². The first-order chi connectivity index (χ1) is 27.9. The second-order valence-corrected chi connectivity index (χ2v) is 20.3. The smallest absolute Gasteiger partial charge is 0.323 e. The zero-order valence-corrected chi connectivity index (χ0v) is 35.3. The summed E-state index contributed by atoms with van der Waals surface area (Å²) in [5, 5.41) is 6.32. The van der Waals surface area contributed by atoms with E-state index in [-0.39, 0.29) is 35.9 Å². The molecule has 2 aliphatic carbocycles. The molecular formula is C43H55FN5O7PS. The van der Waals surface area contributed by atoms with E-state index in [1.54, 1.807) is 29.3 Å². The molecule has 2 aromatic heterocycles. The standard InChI is InChI=1S/C43H55FN5O7PS/c1-4-16-55-43(53)26(3)47-57(54,56-33-8-6-5-7-9-33)39(44)27-10-13-37-30(17-27)21-38(58-37)40(50)46-35-20-29-18-28(29)19-32-11-12-36(49(32)41(35)51)42(52)48-23-31(24-48)34-22-45-15-14-25(34)2/h10,13-15,17,21-22,26,28-29,31-33,35-36,39H,4-9,11-12,16,18-20,23-24H2,1-3H3,(H,46,50)(H,47,54)/t26-,28+,29-,32+,35-,36-,39?,57?/m0/s1. The van der Waals surface area contributed by atoms with Gasteiger partial charge in [-0.2, -0.15) is 0 Å². The average molecular weight is 836 g/mol. The number of likely N-dealkylation sites (tertiary alicyclic amines) is 1. The summed E-state index contributed by atoms with van der Waals surface area (Å²) in [4.78, 5) is 63.2. The topological polar surface area (TPSA) is 147 Å². The lowest BCUT2D eigenvalue weighted by atomic mass is 9.89. The van der Waals surface area contributed by atoms with Gasteiger partial charge in [-0.1, -0.05) is 32.3 Å². The molecule has 3 aromatic rings. The first-order valence-electron chi connectivity index (χ1n) is 21.1. The number of hydrogen-bond acceptors (Lipinski definition) is 9. The van der Waals surface area contributed by atoms with Gasteiger partial charge in [0.25, 0.3) is 5.91 Å². The lowest BCUT2D eigenvalue weighted by Crippen LogP contribution is -2.59. The first kappa shape index (κ1) is 41.0. The van der Waals surface area contributed by atoms with E-state index >= 15 is 4.39 Å². The quantitative estimate of drug-likeness (QED) is 0.132. The van der Waals surface area contributed by atoms with Crippen molar-refractivity contribution in [2.45, 2.75) is 134 Å². The monoisotopic (exact) mass is 835 g/mol. The number of alkyl halides is 1. The minimum Gasteiger partial charge on any atom is -0.465 e. The maximum absolute atomic E-state index is 16.6. The molecule has 1 aromatic carbocycles. The molecular weight excluding hydrogens is 781 g/mol. The fourth-order valence-corrected chi connectivity index (χ4v) is 12.6. The van der Waals surface area contributed by atoms with Gasteiger partial charge in [0.1, 0.15) is 18.1 Å². The molecule has 5 aliphatic rings. The average Bonchev–Trinajstić information content (AvgIpc) is 3.55. The number of esters is 1. The van der Waals surface area contributed by atoms with Gasteiger partial charge in [-0.3, -0.25) is 28.7 Å². The van der Waals surface area contributed by atoms with Gasteiger partial charge in [-0.05, 0) is 123 Å². The van der Waals surface area contributed by atoms with Crippen LogP contribution < -0.4 is 10.4 Å². The number of nitrogens with one attached hydrogen (secondary N) is 2. The Hall–Kier alpha value is -3.71. The third kappa shape index (κ3) is 8.49. The third-order valence-electron chi connectivity index (χ3n) is 12.9. The van der Waals surface area contributed by atoms with Crippen molar-refractivity contribution in [3.05, 3.63) is 64.3 Å². The van der Waals surface area contributed by atoms with Crippen molar-refractivity contribution in [3.63, 3.8) is 0 Å². The van der Waals surface area contributed by atoms with Crippen LogP contribution in [0.5, 0.6) is 0 Å². The van der Waals surface area contributed by atoms with E-state index in [0.717, 1.165) is 54.4 Å². The predicted molar refractivity (Wildman–Crippen MR) is 219 cm³/mol. The van der Waals surface area contributed by atoms with Crippen LogP contribution in [0.4, 0.5) is 4.39 Å². The number of halogens is 1. The number of rotatable bonds is 13. The van der Waals surface area contributed by atoms with Crippen molar-refractivity contribution < 1.29 is 37.4 Å².